The zero-order valence-electron chi connectivity index (χ0n) is 22.2. The Kier molecular flexibility index (Phi) is 8.98. The molecule has 5 nitrogen and oxygen atoms in total. The molecule has 0 saturated heterocycles. The van der Waals surface area contributed by atoms with Crippen LogP contribution in [-0.2, 0) is 33.9 Å². The third-order valence-electron chi connectivity index (χ3n) is 6.54. The van der Waals surface area contributed by atoms with Gasteiger partial charge < -0.3 is 16.0 Å². The number of thiophene rings is 3. The van der Waals surface area contributed by atoms with Gasteiger partial charge in [0.2, 0.25) is 0 Å². The van der Waals surface area contributed by atoms with Crippen LogP contribution in [-0.4, -0.2) is 38.6 Å². The lowest BCUT2D eigenvalue weighted by atomic mass is 10.1. The monoisotopic (exact) mass is 626 g/mol. The number of benzene rings is 2. The molecule has 10 heteroatoms. The van der Waals surface area contributed by atoms with Crippen molar-refractivity contribution in [1.29, 1.82) is 0 Å². The molecular formula is C30H30N2O3S5. The van der Waals surface area contributed by atoms with Gasteiger partial charge in [0.25, 0.3) is 0 Å². The molecule has 5 aromatic rings. The predicted molar refractivity (Wildman–Crippen MR) is 173 cm³/mol. The van der Waals surface area contributed by atoms with E-state index >= 15 is 0 Å². The minimum atomic E-state index is -3.24. The molecule has 2 aromatic carbocycles. The standard InChI is InChI=1S/C30H30N2O3S5/c1-39(33)23-7-3-19(4-8-23)27-17-21(13-15-31)29(37-27)25-11-12-26(36-25)30-22(14-16-32)18-28(38-30)20-5-9-24(10-6-20)40(2,34)35/h3-12,17-18H,13-16,31-32H2,1-2H3. The molecule has 0 radical (unpaired) electrons. The first-order chi connectivity index (χ1) is 19.2. The summed E-state index contributed by atoms with van der Waals surface area (Å²) in [6, 6.07) is 23.8. The van der Waals surface area contributed by atoms with Crippen LogP contribution < -0.4 is 11.5 Å². The summed E-state index contributed by atoms with van der Waals surface area (Å²) in [5, 5.41) is 0. The number of hydrogen-bond acceptors (Lipinski definition) is 8. The van der Waals surface area contributed by atoms with Crippen molar-refractivity contribution in [3.05, 3.63) is 83.9 Å². The molecule has 1 atom stereocenters. The minimum Gasteiger partial charge on any atom is -0.612 e. The summed E-state index contributed by atoms with van der Waals surface area (Å²) in [6.45, 7) is 1.12. The van der Waals surface area contributed by atoms with Crippen molar-refractivity contribution in [2.24, 2.45) is 11.5 Å². The van der Waals surface area contributed by atoms with Gasteiger partial charge in [0.15, 0.2) is 14.7 Å². The van der Waals surface area contributed by atoms with Crippen LogP contribution >= 0.6 is 34.0 Å². The lowest BCUT2D eigenvalue weighted by molar-refractivity contribution is 0.600. The smallest absolute Gasteiger partial charge is 0.175 e. The summed E-state index contributed by atoms with van der Waals surface area (Å²) in [4.78, 5) is 8.21. The zero-order chi connectivity index (χ0) is 28.4. The fourth-order valence-corrected chi connectivity index (χ4v) is 9.38. The molecule has 0 amide bonds. The molecule has 0 aliphatic heterocycles. The Morgan fingerprint density at radius 3 is 1.55 bits per heavy atom. The molecule has 0 fully saturated rings. The van der Waals surface area contributed by atoms with E-state index < -0.39 is 21.0 Å². The topological polar surface area (TPSA) is 109 Å². The van der Waals surface area contributed by atoms with Crippen LogP contribution in [0.15, 0.2) is 82.6 Å². The second-order valence-electron chi connectivity index (χ2n) is 9.45. The molecule has 4 N–H and O–H groups in total. The van der Waals surface area contributed by atoms with Crippen LogP contribution in [0, 0.1) is 0 Å². The Morgan fingerprint density at radius 2 is 1.15 bits per heavy atom. The van der Waals surface area contributed by atoms with Crippen LogP contribution in [0.4, 0.5) is 0 Å². The van der Waals surface area contributed by atoms with E-state index in [0.29, 0.717) is 18.0 Å². The van der Waals surface area contributed by atoms with Crippen LogP contribution in [0.3, 0.4) is 0 Å². The number of sulfone groups is 1. The van der Waals surface area contributed by atoms with Crippen molar-refractivity contribution in [3.63, 3.8) is 0 Å². The van der Waals surface area contributed by atoms with E-state index in [2.05, 4.69) is 24.3 Å². The molecule has 0 saturated carbocycles. The van der Waals surface area contributed by atoms with Gasteiger partial charge in [-0.1, -0.05) is 12.1 Å². The average Bonchev–Trinajstić information content (AvgIpc) is 3.67. The van der Waals surface area contributed by atoms with E-state index in [9.17, 15) is 13.0 Å². The van der Waals surface area contributed by atoms with Crippen LogP contribution in [0.5, 0.6) is 0 Å². The maximum Gasteiger partial charge on any atom is 0.175 e. The molecular weight excluding hydrogens is 597 g/mol. The third kappa shape index (κ3) is 6.29. The van der Waals surface area contributed by atoms with Crippen molar-refractivity contribution >= 4 is 55.0 Å². The highest BCUT2D eigenvalue weighted by molar-refractivity contribution is 7.91. The van der Waals surface area contributed by atoms with E-state index in [4.69, 9.17) is 11.5 Å². The van der Waals surface area contributed by atoms with Crippen molar-refractivity contribution in [2.45, 2.75) is 22.6 Å². The van der Waals surface area contributed by atoms with Gasteiger partial charge in [-0.3, -0.25) is 0 Å². The van der Waals surface area contributed by atoms with Crippen molar-refractivity contribution in [3.8, 4) is 40.4 Å². The van der Waals surface area contributed by atoms with Crippen LogP contribution in [0.25, 0.3) is 40.4 Å². The zero-order valence-corrected chi connectivity index (χ0v) is 26.3. The van der Waals surface area contributed by atoms with Gasteiger partial charge >= 0.3 is 0 Å². The van der Waals surface area contributed by atoms with Gasteiger partial charge in [-0.05, 0) is 120 Å². The first-order valence-electron chi connectivity index (χ1n) is 12.7. The van der Waals surface area contributed by atoms with Gasteiger partial charge in [0.05, 0.1) is 4.90 Å². The number of rotatable bonds is 10. The molecule has 0 aliphatic carbocycles. The molecule has 0 aliphatic rings. The van der Waals surface area contributed by atoms with Gasteiger partial charge in [-0.2, -0.15) is 0 Å². The molecule has 0 spiro atoms. The Balaban J connectivity index is 1.49. The van der Waals surface area contributed by atoms with E-state index in [1.807, 2.05) is 36.4 Å². The first kappa shape index (κ1) is 29.2. The third-order valence-corrected chi connectivity index (χ3v) is 12.5. The quantitative estimate of drug-likeness (QED) is 0.168. The van der Waals surface area contributed by atoms with E-state index in [1.54, 1.807) is 52.4 Å². The SMILES string of the molecule is C[S+]([O-])c1ccc(-c2cc(CCN)c(-c3ccc(-c4sc(-c5ccc(S(C)(=O)=O)cc5)cc4CCN)s3)s2)cc1. The van der Waals surface area contributed by atoms with E-state index in [1.165, 1.54) is 41.8 Å². The molecule has 40 heavy (non-hydrogen) atoms. The Morgan fingerprint density at radius 1 is 0.700 bits per heavy atom. The maximum atomic E-state index is 11.9. The number of hydrogen-bond donors (Lipinski definition) is 2. The first-order valence-corrected chi connectivity index (χ1v) is 18.6. The van der Waals surface area contributed by atoms with Crippen LogP contribution in [0.2, 0.25) is 0 Å². The van der Waals surface area contributed by atoms with Crippen LogP contribution in [0.1, 0.15) is 11.1 Å². The molecule has 1 unspecified atom stereocenters. The fraction of sp³-hybridized carbons (Fsp3) is 0.200. The van der Waals surface area contributed by atoms with E-state index in [-0.39, 0.29) is 0 Å². The lowest BCUT2D eigenvalue weighted by Crippen LogP contribution is -2.02. The van der Waals surface area contributed by atoms with Gasteiger partial charge in [-0.15, -0.1) is 34.0 Å². The fourth-order valence-electron chi connectivity index (χ4n) is 4.50. The molecule has 5 rings (SSSR count). The summed E-state index contributed by atoms with van der Waals surface area (Å²) in [5.74, 6) is 0. The number of nitrogens with two attached hydrogens (primary N) is 2. The predicted octanol–water partition coefficient (Wildman–Crippen LogP) is 6.68. The largest absolute Gasteiger partial charge is 0.612 e. The highest BCUT2D eigenvalue weighted by Gasteiger charge is 2.18. The van der Waals surface area contributed by atoms with Crippen molar-refractivity contribution in [1.82, 2.24) is 0 Å². The summed E-state index contributed by atoms with van der Waals surface area (Å²) in [6.07, 6.45) is 4.47. The highest BCUT2D eigenvalue weighted by atomic mass is 32.2. The molecule has 3 aromatic heterocycles. The Hall–Kier alpha value is -2.28. The maximum absolute atomic E-state index is 11.9. The minimum absolute atomic E-state index is 0.318. The molecule has 3 heterocycles. The second kappa shape index (κ2) is 12.3. The van der Waals surface area contributed by atoms with Gasteiger partial charge in [0.1, 0.15) is 6.26 Å². The summed E-state index contributed by atoms with van der Waals surface area (Å²) < 4.78 is 35.6. The van der Waals surface area contributed by atoms with E-state index in [0.717, 1.165) is 33.7 Å². The van der Waals surface area contributed by atoms with Crippen molar-refractivity contribution in [2.75, 3.05) is 25.6 Å². The Bertz CT molecular complexity index is 1710. The van der Waals surface area contributed by atoms with Crippen molar-refractivity contribution < 1.29 is 13.0 Å². The normalized spacial score (nSPS) is 12.6. The Labute approximate surface area is 250 Å². The highest BCUT2D eigenvalue weighted by Crippen LogP contribution is 2.46. The molecule has 208 valence electrons. The summed E-state index contributed by atoms with van der Waals surface area (Å²) >= 11 is 4.24. The summed E-state index contributed by atoms with van der Waals surface area (Å²) in [7, 11) is -3.24. The average molecular weight is 627 g/mol. The second-order valence-corrected chi connectivity index (χ2v) is 16.0. The molecule has 0 bridgehead atoms. The lowest BCUT2D eigenvalue weighted by Gasteiger charge is -2.04. The van der Waals surface area contributed by atoms with Gasteiger partial charge in [0, 0.05) is 35.5 Å². The van der Waals surface area contributed by atoms with Gasteiger partial charge in [-0.25, -0.2) is 8.42 Å². The summed E-state index contributed by atoms with van der Waals surface area (Å²) in [5.41, 5.74) is 16.5.